The zero-order chi connectivity index (χ0) is 15.4. The van der Waals surface area contributed by atoms with E-state index in [1.54, 1.807) is 7.11 Å². The van der Waals surface area contributed by atoms with Gasteiger partial charge in [-0.05, 0) is 38.0 Å². The summed E-state index contributed by atoms with van der Waals surface area (Å²) in [5.74, 6) is 1.09. The highest BCUT2D eigenvalue weighted by atomic mass is 32.1. The van der Waals surface area contributed by atoms with Crippen molar-refractivity contribution in [3.8, 4) is 0 Å². The number of nitrogens with zero attached hydrogens (tertiary/aromatic N) is 2. The minimum absolute atomic E-state index is 0.329. The summed E-state index contributed by atoms with van der Waals surface area (Å²) in [7, 11) is 1.73. The average Bonchev–Trinajstić information content (AvgIpc) is 3.26. The van der Waals surface area contributed by atoms with Crippen molar-refractivity contribution in [2.75, 3.05) is 25.2 Å². The molecular weight excluding hydrogens is 284 g/mol. The average molecular weight is 310 g/mol. The Morgan fingerprint density at radius 2 is 2.19 bits per heavy atom. The van der Waals surface area contributed by atoms with E-state index in [2.05, 4.69) is 25.7 Å². The molecule has 1 aromatic rings. The van der Waals surface area contributed by atoms with Gasteiger partial charge in [-0.15, -0.1) is 0 Å². The fourth-order valence-electron chi connectivity index (χ4n) is 2.58. The molecule has 0 amide bonds. The van der Waals surface area contributed by atoms with Crippen molar-refractivity contribution >= 4 is 22.8 Å². The van der Waals surface area contributed by atoms with Gasteiger partial charge >= 0.3 is 0 Å². The van der Waals surface area contributed by atoms with E-state index in [-0.39, 0.29) is 0 Å². The molecule has 0 bridgehead atoms. The summed E-state index contributed by atoms with van der Waals surface area (Å²) in [4.78, 5) is 19.2. The smallest absolute Gasteiger partial charge is 0.186 e. The Kier molecular flexibility index (Phi) is 5.76. The molecule has 1 fully saturated rings. The molecule has 1 aliphatic carbocycles. The zero-order valence-electron chi connectivity index (χ0n) is 13.5. The van der Waals surface area contributed by atoms with Gasteiger partial charge in [-0.2, -0.15) is 0 Å². The van der Waals surface area contributed by atoms with Crippen LogP contribution in [0.2, 0.25) is 0 Å². The van der Waals surface area contributed by atoms with E-state index in [0.717, 1.165) is 40.9 Å². The van der Waals surface area contributed by atoms with Gasteiger partial charge in [0.2, 0.25) is 0 Å². The van der Waals surface area contributed by atoms with Gasteiger partial charge in [0.1, 0.15) is 0 Å². The van der Waals surface area contributed by atoms with Crippen LogP contribution in [0.1, 0.15) is 61.3 Å². The molecule has 0 radical (unpaired) electrons. The van der Waals surface area contributed by atoms with Gasteiger partial charge in [0, 0.05) is 19.7 Å². The summed E-state index contributed by atoms with van der Waals surface area (Å²) in [6.07, 6.45) is 4.56. The monoisotopic (exact) mass is 310 g/mol. The van der Waals surface area contributed by atoms with E-state index in [4.69, 9.17) is 9.72 Å². The first kappa shape index (κ1) is 16.4. The first-order valence-corrected chi connectivity index (χ1v) is 8.65. The second-order valence-corrected chi connectivity index (χ2v) is 6.95. The quantitative estimate of drug-likeness (QED) is 0.652. The highest BCUT2D eigenvalue weighted by Gasteiger charge is 2.33. The first-order valence-electron chi connectivity index (χ1n) is 7.83. The third-order valence-electron chi connectivity index (χ3n) is 4.43. The molecule has 2 unspecified atom stereocenters. The Bertz CT molecular complexity index is 471. The number of ether oxygens (including phenoxy) is 1. The predicted octanol–water partition coefficient (Wildman–Crippen LogP) is 3.72. The molecule has 2 rings (SSSR count). The molecule has 0 spiro atoms. The molecule has 21 heavy (non-hydrogen) atoms. The normalized spacial score (nSPS) is 17.5. The molecule has 1 aromatic heterocycles. The van der Waals surface area contributed by atoms with Crippen LogP contribution in [0.15, 0.2) is 0 Å². The molecule has 118 valence electrons. The molecule has 0 aliphatic heterocycles. The van der Waals surface area contributed by atoms with Crippen molar-refractivity contribution in [1.82, 2.24) is 4.98 Å². The number of carbonyl (C=O) groups is 1. The van der Waals surface area contributed by atoms with Gasteiger partial charge in [-0.1, -0.05) is 25.2 Å². The fourth-order valence-corrected chi connectivity index (χ4v) is 3.70. The van der Waals surface area contributed by atoms with E-state index >= 15 is 0 Å². The van der Waals surface area contributed by atoms with Crippen molar-refractivity contribution in [2.45, 2.75) is 52.0 Å². The van der Waals surface area contributed by atoms with E-state index in [1.165, 1.54) is 24.2 Å². The van der Waals surface area contributed by atoms with Crippen molar-refractivity contribution in [1.29, 1.82) is 0 Å². The number of aromatic nitrogens is 1. The highest BCUT2D eigenvalue weighted by Crippen LogP contribution is 2.39. The number of carbonyl (C=O) groups excluding carboxylic acids is 1. The molecule has 1 saturated carbocycles. The lowest BCUT2D eigenvalue weighted by Gasteiger charge is -2.28. The van der Waals surface area contributed by atoms with Crippen LogP contribution in [0.4, 0.5) is 5.13 Å². The Morgan fingerprint density at radius 1 is 1.48 bits per heavy atom. The van der Waals surface area contributed by atoms with Crippen LogP contribution < -0.4 is 4.90 Å². The molecule has 5 heteroatoms. The lowest BCUT2D eigenvalue weighted by Crippen LogP contribution is -2.37. The molecule has 4 nitrogen and oxygen atoms in total. The second-order valence-electron chi connectivity index (χ2n) is 5.94. The number of thiazole rings is 1. The standard InChI is InChI=1S/C16H26N2O2S/c1-5-11(2)15-14(10-19)21-16(17-15)18(8-9-20-4)12(3)13-6-7-13/h10-13H,5-9H2,1-4H3. The number of methoxy groups -OCH3 is 1. The van der Waals surface area contributed by atoms with Gasteiger partial charge in [0.25, 0.3) is 0 Å². The van der Waals surface area contributed by atoms with Crippen LogP contribution in [-0.2, 0) is 4.74 Å². The summed E-state index contributed by atoms with van der Waals surface area (Å²) in [5.41, 5.74) is 0.956. The second kappa shape index (κ2) is 7.36. The largest absolute Gasteiger partial charge is 0.383 e. The molecule has 0 aromatic carbocycles. The SMILES string of the molecule is CCC(C)c1nc(N(CCOC)C(C)C2CC2)sc1C=O. The van der Waals surface area contributed by atoms with Crippen LogP contribution in [0, 0.1) is 5.92 Å². The van der Waals surface area contributed by atoms with Crippen LogP contribution in [0.3, 0.4) is 0 Å². The van der Waals surface area contributed by atoms with Gasteiger partial charge in [0.05, 0.1) is 17.2 Å². The van der Waals surface area contributed by atoms with E-state index in [1.807, 2.05) is 0 Å². The number of anilines is 1. The molecular formula is C16H26N2O2S. The molecule has 1 heterocycles. The Balaban J connectivity index is 2.25. The Hall–Kier alpha value is -0.940. The van der Waals surface area contributed by atoms with Gasteiger partial charge in [-0.25, -0.2) is 4.98 Å². The zero-order valence-corrected chi connectivity index (χ0v) is 14.3. The van der Waals surface area contributed by atoms with Crippen LogP contribution in [0.25, 0.3) is 0 Å². The molecule has 0 N–H and O–H groups in total. The highest BCUT2D eigenvalue weighted by molar-refractivity contribution is 7.17. The summed E-state index contributed by atoms with van der Waals surface area (Å²) in [6, 6.07) is 0.468. The third-order valence-corrected chi connectivity index (χ3v) is 5.47. The van der Waals surface area contributed by atoms with Crippen LogP contribution >= 0.6 is 11.3 Å². The van der Waals surface area contributed by atoms with E-state index < -0.39 is 0 Å². The van der Waals surface area contributed by atoms with E-state index in [0.29, 0.717) is 18.6 Å². The fraction of sp³-hybridized carbons (Fsp3) is 0.750. The van der Waals surface area contributed by atoms with Crippen LogP contribution in [-0.4, -0.2) is 37.6 Å². The minimum Gasteiger partial charge on any atom is -0.383 e. The summed E-state index contributed by atoms with van der Waals surface area (Å²) >= 11 is 1.53. The number of hydrogen-bond acceptors (Lipinski definition) is 5. The number of aldehydes is 1. The van der Waals surface area contributed by atoms with Gasteiger partial charge in [0.15, 0.2) is 11.4 Å². The molecule has 0 saturated heterocycles. The Morgan fingerprint density at radius 3 is 2.71 bits per heavy atom. The van der Waals surface area contributed by atoms with E-state index in [9.17, 15) is 4.79 Å². The lowest BCUT2D eigenvalue weighted by molar-refractivity contribution is 0.112. The third kappa shape index (κ3) is 3.83. The maximum absolute atomic E-state index is 11.3. The van der Waals surface area contributed by atoms with Gasteiger partial charge < -0.3 is 9.64 Å². The summed E-state index contributed by atoms with van der Waals surface area (Å²) < 4.78 is 5.24. The maximum atomic E-state index is 11.3. The maximum Gasteiger partial charge on any atom is 0.186 e. The minimum atomic E-state index is 0.329. The van der Waals surface area contributed by atoms with Crippen molar-refractivity contribution in [3.05, 3.63) is 10.6 Å². The summed E-state index contributed by atoms with van der Waals surface area (Å²) in [6.45, 7) is 8.05. The Labute approximate surface area is 131 Å². The van der Waals surface area contributed by atoms with Crippen LogP contribution in [0.5, 0.6) is 0 Å². The topological polar surface area (TPSA) is 42.4 Å². The lowest BCUT2D eigenvalue weighted by atomic mass is 10.0. The summed E-state index contributed by atoms with van der Waals surface area (Å²) in [5, 5.41) is 0.976. The van der Waals surface area contributed by atoms with Crippen molar-refractivity contribution in [2.24, 2.45) is 5.92 Å². The number of hydrogen-bond donors (Lipinski definition) is 0. The first-order chi connectivity index (χ1) is 10.1. The van der Waals surface area contributed by atoms with Gasteiger partial charge in [-0.3, -0.25) is 4.79 Å². The predicted molar refractivity (Wildman–Crippen MR) is 87.6 cm³/mol. The number of rotatable bonds is 9. The molecule has 2 atom stereocenters. The van der Waals surface area contributed by atoms with Crippen molar-refractivity contribution < 1.29 is 9.53 Å². The van der Waals surface area contributed by atoms with Crippen molar-refractivity contribution in [3.63, 3.8) is 0 Å². The molecule has 1 aliphatic rings.